The fraction of sp³-hybridized carbons (Fsp3) is 0.769. The number of H-pyrrole nitrogens is 1. The molecule has 2 rings (SSSR count). The molecule has 0 atom stereocenters. The second-order valence-electron chi connectivity index (χ2n) is 5.51. The quantitative estimate of drug-likeness (QED) is 0.739. The first-order chi connectivity index (χ1) is 9.54. The van der Waals surface area contributed by atoms with Crippen LogP contribution in [-0.4, -0.2) is 32.2 Å². The van der Waals surface area contributed by atoms with Crippen LogP contribution >= 0.6 is 0 Å². The molecule has 3 N–H and O–H groups in total. The molecule has 1 aliphatic carbocycles. The molecule has 20 heavy (non-hydrogen) atoms. The highest BCUT2D eigenvalue weighted by molar-refractivity contribution is 7.89. The number of rotatable bonds is 6. The molecule has 0 saturated heterocycles. The van der Waals surface area contributed by atoms with Crippen LogP contribution in [0.3, 0.4) is 0 Å². The van der Waals surface area contributed by atoms with Crippen molar-refractivity contribution in [2.75, 3.05) is 13.6 Å². The van der Waals surface area contributed by atoms with Crippen molar-refractivity contribution >= 4 is 10.0 Å². The van der Waals surface area contributed by atoms with Crippen molar-refractivity contribution in [3.05, 3.63) is 11.4 Å². The molecule has 1 saturated carbocycles. The number of aromatic amines is 1. The molecular formula is C13H24N4O2S. The molecule has 1 heterocycles. The minimum Gasteiger partial charge on any atom is -0.314 e. The molecule has 0 aromatic carbocycles. The first kappa shape index (κ1) is 15.5. The van der Waals surface area contributed by atoms with Gasteiger partial charge >= 0.3 is 0 Å². The molecule has 7 heteroatoms. The Labute approximate surface area is 120 Å². The normalized spacial score (nSPS) is 17.5. The van der Waals surface area contributed by atoms with Crippen LogP contribution in [0.4, 0.5) is 0 Å². The van der Waals surface area contributed by atoms with Crippen molar-refractivity contribution in [3.63, 3.8) is 0 Å². The number of aryl methyl sites for hydroxylation is 1. The van der Waals surface area contributed by atoms with Crippen LogP contribution in [0.1, 0.15) is 43.5 Å². The fourth-order valence-electron chi connectivity index (χ4n) is 2.80. The van der Waals surface area contributed by atoms with Crippen molar-refractivity contribution in [1.82, 2.24) is 20.2 Å². The minimum absolute atomic E-state index is 0.294. The maximum Gasteiger partial charge on any atom is 0.244 e. The van der Waals surface area contributed by atoms with Crippen LogP contribution in [0.15, 0.2) is 4.90 Å². The number of hydrogen-bond acceptors (Lipinski definition) is 4. The van der Waals surface area contributed by atoms with Gasteiger partial charge < -0.3 is 5.32 Å². The molecule has 1 aromatic rings. The standard InChI is InChI=1S/C13H24N4O2S/c1-10-13(12(9-14-2)17-16-10)20(18,19)15-8-11-6-4-3-5-7-11/h11,14-15H,3-9H2,1-2H3,(H,16,17). The zero-order chi connectivity index (χ0) is 14.6. The summed E-state index contributed by atoms with van der Waals surface area (Å²) in [5.41, 5.74) is 1.13. The highest BCUT2D eigenvalue weighted by atomic mass is 32.2. The summed E-state index contributed by atoms with van der Waals surface area (Å²) in [7, 11) is -1.71. The Bertz CT molecular complexity index is 533. The third-order valence-corrected chi connectivity index (χ3v) is 5.49. The van der Waals surface area contributed by atoms with Gasteiger partial charge in [-0.2, -0.15) is 5.10 Å². The van der Waals surface area contributed by atoms with Crippen molar-refractivity contribution in [1.29, 1.82) is 0 Å². The van der Waals surface area contributed by atoms with E-state index in [4.69, 9.17) is 0 Å². The van der Waals surface area contributed by atoms with Crippen LogP contribution in [0, 0.1) is 12.8 Å². The van der Waals surface area contributed by atoms with E-state index in [0.29, 0.717) is 35.3 Å². The molecule has 1 aliphatic rings. The van der Waals surface area contributed by atoms with Gasteiger partial charge in [-0.15, -0.1) is 0 Å². The number of nitrogens with one attached hydrogen (secondary N) is 3. The molecular weight excluding hydrogens is 276 g/mol. The molecule has 114 valence electrons. The summed E-state index contributed by atoms with van der Waals surface area (Å²) in [5.74, 6) is 0.471. The average molecular weight is 300 g/mol. The Morgan fingerprint density at radius 2 is 2.00 bits per heavy atom. The van der Waals surface area contributed by atoms with E-state index in [1.54, 1.807) is 14.0 Å². The van der Waals surface area contributed by atoms with Crippen LogP contribution < -0.4 is 10.0 Å². The lowest BCUT2D eigenvalue weighted by molar-refractivity contribution is 0.357. The lowest BCUT2D eigenvalue weighted by Gasteiger charge is -2.21. The van der Waals surface area contributed by atoms with Gasteiger partial charge in [-0.3, -0.25) is 5.10 Å². The molecule has 1 aromatic heterocycles. The van der Waals surface area contributed by atoms with E-state index >= 15 is 0 Å². The molecule has 1 fully saturated rings. The van der Waals surface area contributed by atoms with E-state index in [2.05, 4.69) is 20.2 Å². The number of sulfonamides is 1. The van der Waals surface area contributed by atoms with Gasteiger partial charge in [-0.25, -0.2) is 13.1 Å². The molecule has 0 radical (unpaired) electrons. The van der Waals surface area contributed by atoms with E-state index in [-0.39, 0.29) is 0 Å². The monoisotopic (exact) mass is 300 g/mol. The van der Waals surface area contributed by atoms with Crippen LogP contribution in [0.25, 0.3) is 0 Å². The lowest BCUT2D eigenvalue weighted by Crippen LogP contribution is -2.31. The summed E-state index contributed by atoms with van der Waals surface area (Å²) in [5, 5.41) is 9.76. The lowest BCUT2D eigenvalue weighted by atomic mass is 9.90. The summed E-state index contributed by atoms with van der Waals surface area (Å²) in [6, 6.07) is 0. The summed E-state index contributed by atoms with van der Waals surface area (Å²) >= 11 is 0. The predicted molar refractivity (Wildman–Crippen MR) is 77.9 cm³/mol. The van der Waals surface area contributed by atoms with Crippen molar-refractivity contribution < 1.29 is 8.42 Å². The summed E-state index contributed by atoms with van der Waals surface area (Å²) in [6.45, 7) is 2.71. The summed E-state index contributed by atoms with van der Waals surface area (Å²) in [4.78, 5) is 0.294. The third-order valence-electron chi connectivity index (χ3n) is 3.86. The van der Waals surface area contributed by atoms with Crippen molar-refractivity contribution in [2.24, 2.45) is 5.92 Å². The third kappa shape index (κ3) is 3.59. The van der Waals surface area contributed by atoms with E-state index in [0.717, 1.165) is 12.8 Å². The molecule has 0 bridgehead atoms. The maximum atomic E-state index is 12.5. The SMILES string of the molecule is CNCc1n[nH]c(C)c1S(=O)(=O)NCC1CCCCC1. The zero-order valence-corrected chi connectivity index (χ0v) is 13.0. The van der Waals surface area contributed by atoms with Gasteiger partial charge in [0, 0.05) is 13.1 Å². The van der Waals surface area contributed by atoms with Crippen LogP contribution in [0.5, 0.6) is 0 Å². The summed E-state index contributed by atoms with van der Waals surface area (Å²) in [6.07, 6.45) is 5.94. The Hall–Kier alpha value is -0.920. The van der Waals surface area contributed by atoms with Crippen molar-refractivity contribution in [3.8, 4) is 0 Å². The molecule has 6 nitrogen and oxygen atoms in total. The highest BCUT2D eigenvalue weighted by Crippen LogP contribution is 2.24. The van der Waals surface area contributed by atoms with Gasteiger partial charge in [-0.05, 0) is 32.7 Å². The zero-order valence-electron chi connectivity index (χ0n) is 12.2. The number of aromatic nitrogens is 2. The first-order valence-corrected chi connectivity index (χ1v) is 8.71. The van der Waals surface area contributed by atoms with Gasteiger partial charge in [0.2, 0.25) is 10.0 Å². The second kappa shape index (κ2) is 6.69. The average Bonchev–Trinajstić information content (AvgIpc) is 2.80. The fourth-order valence-corrected chi connectivity index (χ4v) is 4.28. The van der Waals surface area contributed by atoms with Gasteiger partial charge in [0.15, 0.2) is 0 Å². The Balaban J connectivity index is 2.07. The topological polar surface area (TPSA) is 86.9 Å². The van der Waals surface area contributed by atoms with E-state index < -0.39 is 10.0 Å². The Kier molecular flexibility index (Phi) is 5.17. The van der Waals surface area contributed by atoms with Gasteiger partial charge in [0.1, 0.15) is 4.90 Å². The van der Waals surface area contributed by atoms with E-state index in [1.807, 2.05) is 0 Å². The maximum absolute atomic E-state index is 12.5. The predicted octanol–water partition coefficient (Wildman–Crippen LogP) is 1.30. The Morgan fingerprint density at radius 1 is 1.30 bits per heavy atom. The number of nitrogens with zero attached hydrogens (tertiary/aromatic N) is 1. The molecule has 0 unspecified atom stereocenters. The molecule has 0 spiro atoms. The number of hydrogen-bond donors (Lipinski definition) is 3. The van der Waals surface area contributed by atoms with Crippen LogP contribution in [0.2, 0.25) is 0 Å². The van der Waals surface area contributed by atoms with Crippen LogP contribution in [-0.2, 0) is 16.6 Å². The van der Waals surface area contributed by atoms with Gasteiger partial charge in [0.05, 0.1) is 11.4 Å². The van der Waals surface area contributed by atoms with E-state index in [9.17, 15) is 8.42 Å². The smallest absolute Gasteiger partial charge is 0.244 e. The van der Waals surface area contributed by atoms with E-state index in [1.165, 1.54) is 19.3 Å². The molecule has 0 aliphatic heterocycles. The van der Waals surface area contributed by atoms with Gasteiger partial charge in [-0.1, -0.05) is 19.3 Å². The second-order valence-corrected chi connectivity index (χ2v) is 7.21. The largest absolute Gasteiger partial charge is 0.314 e. The van der Waals surface area contributed by atoms with Gasteiger partial charge in [0.25, 0.3) is 0 Å². The van der Waals surface area contributed by atoms with Crippen molar-refractivity contribution in [2.45, 2.75) is 50.5 Å². The minimum atomic E-state index is -3.48. The Morgan fingerprint density at radius 3 is 2.65 bits per heavy atom. The summed E-state index contributed by atoms with van der Waals surface area (Å²) < 4.78 is 27.7. The highest BCUT2D eigenvalue weighted by Gasteiger charge is 2.25. The molecule has 0 amide bonds. The first-order valence-electron chi connectivity index (χ1n) is 7.22.